The van der Waals surface area contributed by atoms with Crippen molar-refractivity contribution in [2.45, 2.75) is 13.8 Å². The number of carbonyl (C=O) groups is 1. The lowest BCUT2D eigenvalue weighted by Gasteiger charge is -2.16. The number of hydrogen-bond donors (Lipinski definition) is 1. The SMILES string of the molecule is CC(C)(C#N)CNC(=O)c1c(F)cc(F)cc1F. The van der Waals surface area contributed by atoms with Gasteiger partial charge >= 0.3 is 0 Å². The molecular weight excluding hydrogens is 245 g/mol. The third-order valence-corrected chi connectivity index (χ3v) is 2.23. The molecular formula is C12H11F3N2O. The Labute approximate surface area is 102 Å². The zero-order valence-corrected chi connectivity index (χ0v) is 9.85. The molecule has 0 radical (unpaired) electrons. The number of nitrogens with zero attached hydrogens (tertiary/aromatic N) is 1. The average Bonchev–Trinajstić information content (AvgIpc) is 2.25. The number of carbonyl (C=O) groups excluding carboxylic acids is 1. The summed E-state index contributed by atoms with van der Waals surface area (Å²) in [4.78, 5) is 11.5. The Hall–Kier alpha value is -2.03. The van der Waals surface area contributed by atoms with Gasteiger partial charge in [0.15, 0.2) is 0 Å². The van der Waals surface area contributed by atoms with Crippen molar-refractivity contribution in [1.82, 2.24) is 5.32 Å². The standard InChI is InChI=1S/C12H11F3N2O/c1-12(2,5-16)6-17-11(18)10-8(14)3-7(13)4-9(10)15/h3-4H,6H2,1-2H3,(H,17,18). The molecule has 0 heterocycles. The minimum absolute atomic E-state index is 0.0708. The third-order valence-electron chi connectivity index (χ3n) is 2.23. The first-order valence-corrected chi connectivity index (χ1v) is 5.11. The van der Waals surface area contributed by atoms with E-state index in [1.54, 1.807) is 13.8 Å². The molecule has 0 saturated heterocycles. The Morgan fingerprint density at radius 3 is 2.28 bits per heavy atom. The monoisotopic (exact) mass is 256 g/mol. The predicted octanol–water partition coefficient (Wildman–Crippen LogP) is 2.38. The van der Waals surface area contributed by atoms with Gasteiger partial charge in [-0.15, -0.1) is 0 Å². The Kier molecular flexibility index (Phi) is 3.96. The number of benzene rings is 1. The highest BCUT2D eigenvalue weighted by atomic mass is 19.1. The van der Waals surface area contributed by atoms with Gasteiger partial charge in [-0.3, -0.25) is 4.79 Å². The van der Waals surface area contributed by atoms with Crippen molar-refractivity contribution in [3.05, 3.63) is 35.1 Å². The van der Waals surface area contributed by atoms with E-state index in [2.05, 4.69) is 5.32 Å². The number of hydrogen-bond acceptors (Lipinski definition) is 2. The van der Waals surface area contributed by atoms with E-state index in [0.717, 1.165) is 0 Å². The van der Waals surface area contributed by atoms with Gasteiger partial charge < -0.3 is 5.32 Å². The minimum Gasteiger partial charge on any atom is -0.350 e. The number of nitriles is 1. The first-order chi connectivity index (χ1) is 8.26. The summed E-state index contributed by atoms with van der Waals surface area (Å²) in [6.07, 6.45) is 0. The number of rotatable bonds is 3. The highest BCUT2D eigenvalue weighted by Crippen LogP contribution is 2.16. The maximum Gasteiger partial charge on any atom is 0.257 e. The fourth-order valence-electron chi connectivity index (χ4n) is 1.19. The molecule has 0 fully saturated rings. The van der Waals surface area contributed by atoms with Gasteiger partial charge in [-0.2, -0.15) is 5.26 Å². The largest absolute Gasteiger partial charge is 0.350 e. The summed E-state index contributed by atoms with van der Waals surface area (Å²) in [6.45, 7) is 3.05. The summed E-state index contributed by atoms with van der Waals surface area (Å²) in [5.74, 6) is -4.67. The van der Waals surface area contributed by atoms with E-state index in [0.29, 0.717) is 12.1 Å². The van der Waals surface area contributed by atoms with Crippen LogP contribution in [0.2, 0.25) is 0 Å². The molecule has 1 N–H and O–H groups in total. The molecule has 0 unspecified atom stereocenters. The zero-order valence-electron chi connectivity index (χ0n) is 9.85. The van der Waals surface area contributed by atoms with Crippen LogP contribution in [-0.2, 0) is 0 Å². The molecule has 6 heteroatoms. The lowest BCUT2D eigenvalue weighted by Crippen LogP contribution is -2.34. The van der Waals surface area contributed by atoms with Gasteiger partial charge in [0.2, 0.25) is 0 Å². The summed E-state index contributed by atoms with van der Waals surface area (Å²) in [5.41, 5.74) is -1.71. The highest BCUT2D eigenvalue weighted by molar-refractivity contribution is 5.94. The van der Waals surface area contributed by atoms with Crippen LogP contribution in [0.3, 0.4) is 0 Å². The zero-order chi connectivity index (χ0) is 13.9. The second kappa shape index (κ2) is 5.08. The highest BCUT2D eigenvalue weighted by Gasteiger charge is 2.22. The molecule has 0 bridgehead atoms. The molecule has 0 aliphatic rings. The van der Waals surface area contributed by atoms with E-state index < -0.39 is 34.3 Å². The van der Waals surface area contributed by atoms with E-state index in [1.807, 2.05) is 6.07 Å². The van der Waals surface area contributed by atoms with Gasteiger partial charge in [0, 0.05) is 18.7 Å². The van der Waals surface area contributed by atoms with Gasteiger partial charge in [-0.05, 0) is 13.8 Å². The fraction of sp³-hybridized carbons (Fsp3) is 0.333. The van der Waals surface area contributed by atoms with Crippen molar-refractivity contribution in [1.29, 1.82) is 5.26 Å². The molecule has 1 aromatic carbocycles. The third kappa shape index (κ3) is 3.23. The van der Waals surface area contributed by atoms with Gasteiger partial charge in [0.05, 0.1) is 11.5 Å². The van der Waals surface area contributed by atoms with Gasteiger partial charge in [-0.25, -0.2) is 13.2 Å². The molecule has 3 nitrogen and oxygen atoms in total. The molecule has 0 saturated carbocycles. The molecule has 18 heavy (non-hydrogen) atoms. The number of amides is 1. The van der Waals surface area contributed by atoms with Crippen molar-refractivity contribution in [2.24, 2.45) is 5.41 Å². The van der Waals surface area contributed by atoms with E-state index in [1.165, 1.54) is 0 Å². The maximum absolute atomic E-state index is 13.3. The molecule has 96 valence electrons. The predicted molar refractivity (Wildman–Crippen MR) is 58.0 cm³/mol. The molecule has 0 atom stereocenters. The smallest absolute Gasteiger partial charge is 0.257 e. The first-order valence-electron chi connectivity index (χ1n) is 5.11. The van der Waals surface area contributed by atoms with Crippen LogP contribution in [0.4, 0.5) is 13.2 Å². The van der Waals surface area contributed by atoms with E-state index in [9.17, 15) is 18.0 Å². The van der Waals surface area contributed by atoms with E-state index in [-0.39, 0.29) is 6.54 Å². The van der Waals surface area contributed by atoms with Crippen LogP contribution >= 0.6 is 0 Å². The van der Waals surface area contributed by atoms with Crippen LogP contribution in [0.5, 0.6) is 0 Å². The Morgan fingerprint density at radius 1 is 1.33 bits per heavy atom. The summed E-state index contributed by atoms with van der Waals surface area (Å²) in [5, 5.41) is 11.0. The van der Waals surface area contributed by atoms with Crippen molar-refractivity contribution >= 4 is 5.91 Å². The Bertz CT molecular complexity index is 498. The van der Waals surface area contributed by atoms with Crippen molar-refractivity contribution in [3.8, 4) is 6.07 Å². The summed E-state index contributed by atoms with van der Waals surface area (Å²) < 4.78 is 39.2. The topological polar surface area (TPSA) is 52.9 Å². The molecule has 0 aliphatic carbocycles. The van der Waals surface area contributed by atoms with Crippen LogP contribution in [-0.4, -0.2) is 12.5 Å². The van der Waals surface area contributed by atoms with E-state index in [4.69, 9.17) is 5.26 Å². The lowest BCUT2D eigenvalue weighted by atomic mass is 9.96. The average molecular weight is 256 g/mol. The second-order valence-corrected chi connectivity index (χ2v) is 4.42. The van der Waals surface area contributed by atoms with Crippen molar-refractivity contribution in [2.75, 3.05) is 6.54 Å². The van der Waals surface area contributed by atoms with Crippen LogP contribution in [0, 0.1) is 34.2 Å². The Morgan fingerprint density at radius 2 is 1.83 bits per heavy atom. The summed E-state index contributed by atoms with van der Waals surface area (Å²) in [6, 6.07) is 2.77. The lowest BCUT2D eigenvalue weighted by molar-refractivity contribution is 0.0935. The van der Waals surface area contributed by atoms with Crippen molar-refractivity contribution < 1.29 is 18.0 Å². The maximum atomic E-state index is 13.3. The van der Waals surface area contributed by atoms with Gasteiger partial charge in [0.1, 0.15) is 23.0 Å². The normalized spacial score (nSPS) is 10.9. The number of nitrogens with one attached hydrogen (secondary N) is 1. The Balaban J connectivity index is 2.90. The molecule has 1 rings (SSSR count). The van der Waals surface area contributed by atoms with Crippen LogP contribution in [0.1, 0.15) is 24.2 Å². The van der Waals surface area contributed by atoms with E-state index >= 15 is 0 Å². The number of halogens is 3. The van der Waals surface area contributed by atoms with Crippen LogP contribution in [0.25, 0.3) is 0 Å². The summed E-state index contributed by atoms with van der Waals surface area (Å²) >= 11 is 0. The molecule has 0 spiro atoms. The molecule has 0 aromatic heterocycles. The van der Waals surface area contributed by atoms with Crippen LogP contribution in [0.15, 0.2) is 12.1 Å². The fourth-order valence-corrected chi connectivity index (χ4v) is 1.19. The van der Waals surface area contributed by atoms with Gasteiger partial charge in [0.25, 0.3) is 5.91 Å². The van der Waals surface area contributed by atoms with Crippen LogP contribution < -0.4 is 5.32 Å². The van der Waals surface area contributed by atoms with Gasteiger partial charge in [-0.1, -0.05) is 0 Å². The van der Waals surface area contributed by atoms with Crippen molar-refractivity contribution in [3.63, 3.8) is 0 Å². The molecule has 0 aliphatic heterocycles. The first kappa shape index (κ1) is 14.0. The minimum atomic E-state index is -1.28. The summed E-state index contributed by atoms with van der Waals surface area (Å²) in [7, 11) is 0. The quantitative estimate of drug-likeness (QED) is 0.902. The molecule has 1 amide bonds. The second-order valence-electron chi connectivity index (χ2n) is 4.42. The molecule has 1 aromatic rings.